The normalized spacial score (nSPS) is 12.2. The molecule has 1 atom stereocenters. The van der Waals surface area contributed by atoms with Gasteiger partial charge in [-0.2, -0.15) is 0 Å². The van der Waals surface area contributed by atoms with Crippen LogP contribution in [0.2, 0.25) is 0 Å². The number of carbonyl (C=O) groups excluding carboxylic acids is 1. The van der Waals surface area contributed by atoms with Gasteiger partial charge in [-0.15, -0.1) is 0 Å². The zero-order chi connectivity index (χ0) is 14.7. The Hall–Kier alpha value is -1.30. The van der Waals surface area contributed by atoms with Crippen molar-refractivity contribution in [3.8, 4) is 0 Å². The average Bonchev–Trinajstić information content (AvgIpc) is 2.36. The van der Waals surface area contributed by atoms with E-state index in [9.17, 15) is 9.59 Å². The first-order chi connectivity index (χ1) is 8.95. The largest absolute Gasteiger partial charge is 0.481 e. The fourth-order valence-electron chi connectivity index (χ4n) is 1.53. The van der Waals surface area contributed by atoms with Crippen LogP contribution in [-0.4, -0.2) is 55.2 Å². The first kappa shape index (κ1) is 17.7. The van der Waals surface area contributed by atoms with E-state index in [2.05, 4.69) is 22.5 Å². The average molecular weight is 273 g/mol. The monoisotopic (exact) mass is 273 g/mol. The quantitative estimate of drug-likeness (QED) is 0.557. The zero-order valence-electron chi connectivity index (χ0n) is 12.2. The number of rotatable bonds is 10. The fourth-order valence-corrected chi connectivity index (χ4v) is 1.53. The lowest BCUT2D eigenvalue weighted by Crippen LogP contribution is -2.40. The summed E-state index contributed by atoms with van der Waals surface area (Å²) in [5, 5.41) is 14.1. The van der Waals surface area contributed by atoms with Crippen LogP contribution in [0.15, 0.2) is 0 Å². The SMILES string of the molecule is CCN(C)CCNC(=O)NCCC(C)CCC(=O)O. The molecule has 0 saturated carbocycles. The van der Waals surface area contributed by atoms with Crippen LogP contribution in [0.1, 0.15) is 33.1 Å². The lowest BCUT2D eigenvalue weighted by atomic mass is 10.0. The summed E-state index contributed by atoms with van der Waals surface area (Å²) < 4.78 is 0. The third kappa shape index (κ3) is 11.5. The lowest BCUT2D eigenvalue weighted by molar-refractivity contribution is -0.137. The lowest BCUT2D eigenvalue weighted by Gasteiger charge is -2.15. The van der Waals surface area contributed by atoms with Crippen molar-refractivity contribution >= 4 is 12.0 Å². The molecule has 19 heavy (non-hydrogen) atoms. The molecule has 0 saturated heterocycles. The van der Waals surface area contributed by atoms with Crippen LogP contribution in [0.25, 0.3) is 0 Å². The Balaban J connectivity index is 3.49. The topological polar surface area (TPSA) is 81.7 Å². The van der Waals surface area contributed by atoms with Gasteiger partial charge in [-0.1, -0.05) is 13.8 Å². The maximum atomic E-state index is 11.4. The van der Waals surface area contributed by atoms with Crippen LogP contribution in [0, 0.1) is 5.92 Å². The second-order valence-corrected chi connectivity index (χ2v) is 4.90. The second-order valence-electron chi connectivity index (χ2n) is 4.90. The summed E-state index contributed by atoms with van der Waals surface area (Å²) in [5.74, 6) is -0.458. The van der Waals surface area contributed by atoms with E-state index in [4.69, 9.17) is 5.11 Å². The van der Waals surface area contributed by atoms with Crippen LogP contribution < -0.4 is 10.6 Å². The van der Waals surface area contributed by atoms with Crippen molar-refractivity contribution in [3.63, 3.8) is 0 Å². The van der Waals surface area contributed by atoms with Gasteiger partial charge in [0, 0.05) is 26.1 Å². The molecule has 6 nitrogen and oxygen atoms in total. The van der Waals surface area contributed by atoms with Crippen molar-refractivity contribution in [2.75, 3.05) is 33.2 Å². The summed E-state index contributed by atoms with van der Waals surface area (Å²) in [5.41, 5.74) is 0. The van der Waals surface area contributed by atoms with Gasteiger partial charge in [0.15, 0.2) is 0 Å². The predicted octanol–water partition coefficient (Wildman–Crippen LogP) is 1.13. The highest BCUT2D eigenvalue weighted by atomic mass is 16.4. The minimum atomic E-state index is -0.766. The maximum Gasteiger partial charge on any atom is 0.314 e. The molecule has 0 aliphatic heterocycles. The molecule has 3 N–H and O–H groups in total. The molecular formula is C13H27N3O3. The number of nitrogens with zero attached hydrogens (tertiary/aromatic N) is 1. The summed E-state index contributed by atoms with van der Waals surface area (Å²) >= 11 is 0. The van der Waals surface area contributed by atoms with E-state index in [0.717, 1.165) is 19.5 Å². The van der Waals surface area contributed by atoms with Crippen molar-refractivity contribution in [2.45, 2.75) is 33.1 Å². The Bertz CT molecular complexity index is 272. The van der Waals surface area contributed by atoms with Crippen LogP contribution in [0.3, 0.4) is 0 Å². The maximum absolute atomic E-state index is 11.4. The highest BCUT2D eigenvalue weighted by Crippen LogP contribution is 2.08. The number of carboxylic acids is 1. The molecule has 2 amide bonds. The minimum absolute atomic E-state index is 0.157. The van der Waals surface area contributed by atoms with Crippen molar-refractivity contribution in [2.24, 2.45) is 5.92 Å². The van der Waals surface area contributed by atoms with Crippen LogP contribution in [-0.2, 0) is 4.79 Å². The summed E-state index contributed by atoms with van der Waals surface area (Å²) in [7, 11) is 2.00. The Labute approximate surface area is 115 Å². The smallest absolute Gasteiger partial charge is 0.314 e. The number of amides is 2. The number of nitrogens with one attached hydrogen (secondary N) is 2. The number of carboxylic acid groups (broad SMARTS) is 1. The van der Waals surface area contributed by atoms with Gasteiger partial charge < -0.3 is 20.6 Å². The second kappa shape index (κ2) is 10.6. The molecule has 0 heterocycles. The van der Waals surface area contributed by atoms with E-state index in [0.29, 0.717) is 25.4 Å². The molecule has 1 unspecified atom stereocenters. The van der Waals surface area contributed by atoms with Gasteiger partial charge >= 0.3 is 12.0 Å². The Kier molecular flexibility index (Phi) is 9.88. The molecule has 0 aromatic heterocycles. The summed E-state index contributed by atoms with van der Waals surface area (Å²) in [6, 6.07) is -0.157. The fraction of sp³-hybridized carbons (Fsp3) is 0.846. The van der Waals surface area contributed by atoms with E-state index in [1.54, 1.807) is 0 Å². The molecule has 0 aromatic carbocycles. The number of hydrogen-bond donors (Lipinski definition) is 3. The molecule has 112 valence electrons. The molecule has 0 fully saturated rings. The van der Waals surface area contributed by atoms with Gasteiger partial charge in [0.25, 0.3) is 0 Å². The standard InChI is InChI=1S/C13H27N3O3/c1-4-16(3)10-9-15-13(19)14-8-7-11(2)5-6-12(17)18/h11H,4-10H2,1-3H3,(H,17,18)(H2,14,15,19). The number of aliphatic carboxylic acids is 1. The van der Waals surface area contributed by atoms with E-state index < -0.39 is 5.97 Å². The number of urea groups is 1. The highest BCUT2D eigenvalue weighted by Gasteiger charge is 2.06. The van der Waals surface area contributed by atoms with E-state index >= 15 is 0 Å². The van der Waals surface area contributed by atoms with Crippen molar-refractivity contribution < 1.29 is 14.7 Å². The molecule has 0 aliphatic rings. The van der Waals surface area contributed by atoms with Gasteiger partial charge in [-0.05, 0) is 32.4 Å². The first-order valence-electron chi connectivity index (χ1n) is 6.87. The number of likely N-dealkylation sites (N-methyl/N-ethyl adjacent to an activating group) is 1. The molecule has 0 bridgehead atoms. The summed E-state index contributed by atoms with van der Waals surface area (Å²) in [4.78, 5) is 23.9. The van der Waals surface area contributed by atoms with Crippen LogP contribution >= 0.6 is 0 Å². The number of hydrogen-bond acceptors (Lipinski definition) is 3. The Morgan fingerprint density at radius 3 is 2.42 bits per heavy atom. The van der Waals surface area contributed by atoms with Crippen molar-refractivity contribution in [1.29, 1.82) is 0 Å². The Morgan fingerprint density at radius 1 is 1.21 bits per heavy atom. The molecule has 0 rings (SSSR count). The summed E-state index contributed by atoms with van der Waals surface area (Å²) in [6.07, 6.45) is 1.65. The third-order valence-electron chi connectivity index (χ3n) is 3.09. The highest BCUT2D eigenvalue weighted by molar-refractivity contribution is 5.73. The molecule has 0 aromatic rings. The van der Waals surface area contributed by atoms with Crippen molar-refractivity contribution in [1.82, 2.24) is 15.5 Å². The van der Waals surface area contributed by atoms with Gasteiger partial charge in [0.2, 0.25) is 0 Å². The van der Waals surface area contributed by atoms with E-state index in [1.165, 1.54) is 0 Å². The number of carbonyl (C=O) groups is 2. The minimum Gasteiger partial charge on any atom is -0.481 e. The predicted molar refractivity (Wildman–Crippen MR) is 75.2 cm³/mol. The third-order valence-corrected chi connectivity index (χ3v) is 3.09. The van der Waals surface area contributed by atoms with Gasteiger partial charge in [-0.3, -0.25) is 4.79 Å². The Morgan fingerprint density at radius 2 is 1.84 bits per heavy atom. The summed E-state index contributed by atoms with van der Waals surface area (Å²) in [6.45, 7) is 7.07. The van der Waals surface area contributed by atoms with Gasteiger partial charge in [0.1, 0.15) is 0 Å². The zero-order valence-corrected chi connectivity index (χ0v) is 12.2. The molecular weight excluding hydrogens is 246 g/mol. The van der Waals surface area contributed by atoms with E-state index in [1.807, 2.05) is 14.0 Å². The molecule has 0 radical (unpaired) electrons. The van der Waals surface area contributed by atoms with Crippen molar-refractivity contribution in [3.05, 3.63) is 0 Å². The molecule has 0 spiro atoms. The molecule has 6 heteroatoms. The van der Waals surface area contributed by atoms with Gasteiger partial charge in [0.05, 0.1) is 0 Å². The molecule has 0 aliphatic carbocycles. The van der Waals surface area contributed by atoms with Crippen LogP contribution in [0.5, 0.6) is 0 Å². The first-order valence-corrected chi connectivity index (χ1v) is 6.87. The van der Waals surface area contributed by atoms with Crippen LogP contribution in [0.4, 0.5) is 4.79 Å². The van der Waals surface area contributed by atoms with E-state index in [-0.39, 0.29) is 12.5 Å². The van der Waals surface area contributed by atoms with Gasteiger partial charge in [-0.25, -0.2) is 4.79 Å².